The molecule has 3 N–H and O–H groups in total. The van der Waals surface area contributed by atoms with Crippen LogP contribution < -0.4 is 15.8 Å². The van der Waals surface area contributed by atoms with Gasteiger partial charge in [0.05, 0.1) is 12.7 Å². The number of nitrogens with one attached hydrogen (secondary N) is 1. The fraction of sp³-hybridized carbons (Fsp3) is 0.727. The van der Waals surface area contributed by atoms with E-state index < -0.39 is 0 Å². The van der Waals surface area contributed by atoms with E-state index in [0.29, 0.717) is 24.7 Å². The van der Waals surface area contributed by atoms with Gasteiger partial charge in [0, 0.05) is 13.2 Å². The molecule has 0 spiro atoms. The quantitative estimate of drug-likeness (QED) is 0.802. The molecule has 7 heteroatoms. The molecule has 2 atom stereocenters. The standard InChI is InChI=1S/C11H19N5O2/c1-3-18-11-15-9(12)14-10(16-11)13-7-4-5-8(6-7)17-2/h7-8H,3-6H2,1-2H3,(H3,12,13,14,15,16). The predicted molar refractivity (Wildman–Crippen MR) is 67.5 cm³/mol. The summed E-state index contributed by atoms with van der Waals surface area (Å²) in [7, 11) is 1.74. The Morgan fingerprint density at radius 1 is 1.33 bits per heavy atom. The smallest absolute Gasteiger partial charge is 0.323 e. The predicted octanol–water partition coefficient (Wildman–Crippen LogP) is 0.832. The van der Waals surface area contributed by atoms with Crippen LogP contribution in [0.1, 0.15) is 26.2 Å². The summed E-state index contributed by atoms with van der Waals surface area (Å²) in [5, 5.41) is 3.24. The highest BCUT2D eigenvalue weighted by molar-refractivity contribution is 5.33. The number of hydrogen-bond donors (Lipinski definition) is 2. The third-order valence-electron chi connectivity index (χ3n) is 2.96. The minimum atomic E-state index is 0.164. The van der Waals surface area contributed by atoms with Gasteiger partial charge >= 0.3 is 6.01 Å². The lowest BCUT2D eigenvalue weighted by atomic mass is 10.2. The molecule has 2 rings (SSSR count). The van der Waals surface area contributed by atoms with Crippen LogP contribution in [0.5, 0.6) is 6.01 Å². The Balaban J connectivity index is 2.00. The minimum absolute atomic E-state index is 0.164. The average Bonchev–Trinajstić information content (AvgIpc) is 2.76. The van der Waals surface area contributed by atoms with Crippen molar-refractivity contribution in [1.29, 1.82) is 0 Å². The molecule has 1 heterocycles. The Bertz CT molecular complexity index is 401. The number of nitrogens with two attached hydrogens (primary N) is 1. The van der Waals surface area contributed by atoms with Gasteiger partial charge in [-0.05, 0) is 26.2 Å². The summed E-state index contributed by atoms with van der Waals surface area (Å²) in [6, 6.07) is 0.569. The largest absolute Gasteiger partial charge is 0.464 e. The fourth-order valence-electron chi connectivity index (χ4n) is 2.10. The van der Waals surface area contributed by atoms with E-state index in [9.17, 15) is 0 Å². The summed E-state index contributed by atoms with van der Waals surface area (Å²) < 4.78 is 10.5. The summed E-state index contributed by atoms with van der Waals surface area (Å²) in [6.45, 7) is 2.37. The van der Waals surface area contributed by atoms with Gasteiger partial charge in [-0.2, -0.15) is 15.0 Å². The van der Waals surface area contributed by atoms with Crippen LogP contribution in [0.15, 0.2) is 0 Å². The maximum absolute atomic E-state index is 5.61. The van der Waals surface area contributed by atoms with Gasteiger partial charge in [0.1, 0.15) is 0 Å². The molecule has 100 valence electrons. The maximum atomic E-state index is 5.61. The third kappa shape index (κ3) is 3.19. The van der Waals surface area contributed by atoms with Crippen molar-refractivity contribution in [2.24, 2.45) is 0 Å². The van der Waals surface area contributed by atoms with Crippen LogP contribution in [-0.2, 0) is 4.74 Å². The number of anilines is 2. The van der Waals surface area contributed by atoms with Gasteiger partial charge in [0.25, 0.3) is 0 Å². The third-order valence-corrected chi connectivity index (χ3v) is 2.96. The molecule has 18 heavy (non-hydrogen) atoms. The van der Waals surface area contributed by atoms with Crippen LogP contribution in [-0.4, -0.2) is 40.8 Å². The van der Waals surface area contributed by atoms with Crippen molar-refractivity contribution in [3.63, 3.8) is 0 Å². The van der Waals surface area contributed by atoms with Crippen LogP contribution in [0, 0.1) is 0 Å². The Labute approximate surface area is 106 Å². The maximum Gasteiger partial charge on any atom is 0.323 e. The number of hydrogen-bond acceptors (Lipinski definition) is 7. The van der Waals surface area contributed by atoms with Gasteiger partial charge in [0.2, 0.25) is 11.9 Å². The summed E-state index contributed by atoms with van der Waals surface area (Å²) in [4.78, 5) is 12.1. The summed E-state index contributed by atoms with van der Waals surface area (Å²) >= 11 is 0. The molecule has 0 amide bonds. The van der Waals surface area contributed by atoms with Gasteiger partial charge < -0.3 is 20.5 Å². The molecule has 0 bridgehead atoms. The molecule has 1 fully saturated rings. The molecule has 0 aromatic carbocycles. The molecule has 7 nitrogen and oxygen atoms in total. The monoisotopic (exact) mass is 253 g/mol. The van der Waals surface area contributed by atoms with Crippen molar-refractivity contribution in [2.45, 2.75) is 38.3 Å². The van der Waals surface area contributed by atoms with E-state index in [1.165, 1.54) is 0 Å². The molecule has 1 aliphatic rings. The zero-order valence-electron chi connectivity index (χ0n) is 10.7. The molecule has 1 aliphatic carbocycles. The van der Waals surface area contributed by atoms with E-state index in [1.54, 1.807) is 7.11 Å². The van der Waals surface area contributed by atoms with Crippen molar-refractivity contribution in [3.8, 4) is 6.01 Å². The van der Waals surface area contributed by atoms with Crippen LogP contribution >= 0.6 is 0 Å². The Morgan fingerprint density at radius 3 is 2.83 bits per heavy atom. The molecule has 1 aromatic heterocycles. The molecular weight excluding hydrogens is 234 g/mol. The van der Waals surface area contributed by atoms with Gasteiger partial charge in [-0.25, -0.2) is 0 Å². The van der Waals surface area contributed by atoms with Crippen molar-refractivity contribution >= 4 is 11.9 Å². The fourth-order valence-corrected chi connectivity index (χ4v) is 2.10. The zero-order valence-corrected chi connectivity index (χ0v) is 10.7. The summed E-state index contributed by atoms with van der Waals surface area (Å²) in [6.07, 6.45) is 3.35. The molecular formula is C11H19N5O2. The van der Waals surface area contributed by atoms with Crippen molar-refractivity contribution < 1.29 is 9.47 Å². The first-order valence-corrected chi connectivity index (χ1v) is 6.15. The highest BCUT2D eigenvalue weighted by Gasteiger charge is 2.25. The lowest BCUT2D eigenvalue weighted by Gasteiger charge is -2.13. The zero-order chi connectivity index (χ0) is 13.0. The first-order chi connectivity index (χ1) is 8.71. The summed E-state index contributed by atoms with van der Waals surface area (Å²) in [5.74, 6) is 0.630. The summed E-state index contributed by atoms with van der Waals surface area (Å²) in [5.41, 5.74) is 5.61. The van der Waals surface area contributed by atoms with E-state index >= 15 is 0 Å². The van der Waals surface area contributed by atoms with Gasteiger partial charge in [-0.3, -0.25) is 0 Å². The van der Waals surface area contributed by atoms with E-state index in [2.05, 4.69) is 20.3 Å². The van der Waals surface area contributed by atoms with Crippen LogP contribution in [0.4, 0.5) is 11.9 Å². The first kappa shape index (κ1) is 12.8. The highest BCUT2D eigenvalue weighted by Crippen LogP contribution is 2.24. The van der Waals surface area contributed by atoms with Crippen LogP contribution in [0.3, 0.4) is 0 Å². The lowest BCUT2D eigenvalue weighted by Crippen LogP contribution is -2.20. The van der Waals surface area contributed by atoms with Crippen molar-refractivity contribution in [2.75, 3.05) is 24.8 Å². The number of ether oxygens (including phenoxy) is 2. The normalized spacial score (nSPS) is 23.0. The van der Waals surface area contributed by atoms with Crippen LogP contribution in [0.25, 0.3) is 0 Å². The number of nitrogen functional groups attached to an aromatic ring is 1. The molecule has 2 unspecified atom stereocenters. The molecule has 0 radical (unpaired) electrons. The SMILES string of the molecule is CCOc1nc(N)nc(NC2CCC(OC)C2)n1. The topological polar surface area (TPSA) is 95.2 Å². The van der Waals surface area contributed by atoms with Gasteiger partial charge in [-0.15, -0.1) is 0 Å². The second-order valence-corrected chi connectivity index (χ2v) is 4.24. The van der Waals surface area contributed by atoms with Crippen LogP contribution in [0.2, 0.25) is 0 Å². The minimum Gasteiger partial charge on any atom is -0.464 e. The number of aromatic nitrogens is 3. The number of nitrogens with zero attached hydrogens (tertiary/aromatic N) is 3. The number of rotatable bonds is 5. The molecule has 0 saturated heterocycles. The van der Waals surface area contributed by atoms with E-state index in [-0.39, 0.29) is 12.0 Å². The van der Waals surface area contributed by atoms with E-state index in [0.717, 1.165) is 19.3 Å². The van der Waals surface area contributed by atoms with Crippen molar-refractivity contribution in [3.05, 3.63) is 0 Å². The second-order valence-electron chi connectivity index (χ2n) is 4.24. The lowest BCUT2D eigenvalue weighted by molar-refractivity contribution is 0.108. The van der Waals surface area contributed by atoms with Gasteiger partial charge in [-0.1, -0.05) is 0 Å². The first-order valence-electron chi connectivity index (χ1n) is 6.15. The van der Waals surface area contributed by atoms with E-state index in [4.69, 9.17) is 15.2 Å². The van der Waals surface area contributed by atoms with Gasteiger partial charge in [0.15, 0.2) is 0 Å². The molecule has 1 saturated carbocycles. The molecule has 1 aromatic rings. The van der Waals surface area contributed by atoms with E-state index in [1.807, 2.05) is 6.92 Å². The average molecular weight is 253 g/mol. The second kappa shape index (κ2) is 5.81. The van der Waals surface area contributed by atoms with Crippen molar-refractivity contribution in [1.82, 2.24) is 15.0 Å². The Kier molecular flexibility index (Phi) is 4.14. The number of methoxy groups -OCH3 is 1. The Hall–Kier alpha value is -1.63. The highest BCUT2D eigenvalue weighted by atomic mass is 16.5. The molecule has 0 aliphatic heterocycles. The Morgan fingerprint density at radius 2 is 2.17 bits per heavy atom.